The maximum absolute atomic E-state index is 5.99. The molecule has 1 heterocycles. The van der Waals surface area contributed by atoms with Gasteiger partial charge in [-0.15, -0.1) is 0 Å². The number of hydrogen-bond acceptors (Lipinski definition) is 3. The molecule has 0 radical (unpaired) electrons. The number of para-hydroxylation sites is 1. The number of benzene rings is 1. The van der Waals surface area contributed by atoms with Crippen molar-refractivity contribution in [3.05, 3.63) is 29.3 Å². The molecule has 1 saturated heterocycles. The quantitative estimate of drug-likeness (QED) is 0.692. The van der Waals surface area contributed by atoms with Gasteiger partial charge in [-0.2, -0.15) is 0 Å². The molecule has 3 heteroatoms. The van der Waals surface area contributed by atoms with Crippen molar-refractivity contribution in [1.29, 1.82) is 0 Å². The minimum Gasteiger partial charge on any atom is -0.398 e. The minimum atomic E-state index is -0.657. The predicted molar refractivity (Wildman–Crippen MR) is 54.8 cm³/mol. The molecule has 1 aromatic carbocycles. The van der Waals surface area contributed by atoms with Crippen molar-refractivity contribution < 1.29 is 9.47 Å². The van der Waals surface area contributed by atoms with Crippen LogP contribution in [0.25, 0.3) is 0 Å². The van der Waals surface area contributed by atoms with Crippen molar-refractivity contribution in [3.8, 4) is 0 Å². The highest BCUT2D eigenvalue weighted by Crippen LogP contribution is 2.35. The molecule has 1 aliphatic heterocycles. The lowest BCUT2D eigenvalue weighted by molar-refractivity contribution is -0.149. The maximum Gasteiger partial charge on any atom is 0.194 e. The first-order valence-corrected chi connectivity index (χ1v) is 4.77. The van der Waals surface area contributed by atoms with Gasteiger partial charge in [0.25, 0.3) is 0 Å². The molecule has 0 spiro atoms. The van der Waals surface area contributed by atoms with Crippen LogP contribution in [0, 0.1) is 6.92 Å². The van der Waals surface area contributed by atoms with Gasteiger partial charge in [-0.1, -0.05) is 18.2 Å². The second-order valence-electron chi connectivity index (χ2n) is 3.68. The Balaban J connectivity index is 2.45. The van der Waals surface area contributed by atoms with Crippen molar-refractivity contribution >= 4 is 5.69 Å². The summed E-state index contributed by atoms with van der Waals surface area (Å²) in [6, 6.07) is 5.90. The second-order valence-corrected chi connectivity index (χ2v) is 3.68. The molecule has 0 bridgehead atoms. The molecule has 2 N–H and O–H groups in total. The number of hydrogen-bond donors (Lipinski definition) is 1. The van der Waals surface area contributed by atoms with Gasteiger partial charge >= 0.3 is 0 Å². The van der Waals surface area contributed by atoms with Crippen molar-refractivity contribution in [3.63, 3.8) is 0 Å². The summed E-state index contributed by atoms with van der Waals surface area (Å²) in [4.78, 5) is 0. The van der Waals surface area contributed by atoms with Gasteiger partial charge in [0.05, 0.1) is 13.2 Å². The summed E-state index contributed by atoms with van der Waals surface area (Å²) < 4.78 is 11.1. The molecule has 2 rings (SSSR count). The van der Waals surface area contributed by atoms with E-state index < -0.39 is 5.79 Å². The topological polar surface area (TPSA) is 44.5 Å². The average molecular weight is 193 g/mol. The molecular weight excluding hydrogens is 178 g/mol. The Hall–Kier alpha value is -1.06. The van der Waals surface area contributed by atoms with E-state index in [0.717, 1.165) is 16.8 Å². The number of nitrogens with two attached hydrogens (primary N) is 1. The van der Waals surface area contributed by atoms with E-state index in [1.54, 1.807) is 0 Å². The molecule has 0 aromatic heterocycles. The fourth-order valence-corrected chi connectivity index (χ4v) is 1.75. The van der Waals surface area contributed by atoms with Crippen LogP contribution in [0.4, 0.5) is 5.69 Å². The molecule has 3 nitrogen and oxygen atoms in total. The summed E-state index contributed by atoms with van der Waals surface area (Å²) in [6.07, 6.45) is 0. The Bertz CT molecular complexity index is 343. The minimum absolute atomic E-state index is 0.629. The first-order chi connectivity index (χ1) is 6.63. The average Bonchev–Trinajstić information content (AvgIpc) is 2.58. The van der Waals surface area contributed by atoms with E-state index in [0.29, 0.717) is 13.2 Å². The number of ether oxygens (including phenoxy) is 2. The fraction of sp³-hybridized carbons (Fsp3) is 0.455. The molecule has 0 saturated carbocycles. The Labute approximate surface area is 83.8 Å². The van der Waals surface area contributed by atoms with E-state index in [1.807, 2.05) is 32.0 Å². The fourth-order valence-electron chi connectivity index (χ4n) is 1.75. The Morgan fingerprint density at radius 2 is 1.93 bits per heavy atom. The Morgan fingerprint density at radius 3 is 2.57 bits per heavy atom. The summed E-state index contributed by atoms with van der Waals surface area (Å²) >= 11 is 0. The van der Waals surface area contributed by atoms with Gasteiger partial charge in [-0.05, 0) is 19.4 Å². The van der Waals surface area contributed by atoms with Gasteiger partial charge in [0.15, 0.2) is 5.79 Å². The Morgan fingerprint density at radius 1 is 1.29 bits per heavy atom. The lowest BCUT2D eigenvalue weighted by atomic mass is 10.0. The van der Waals surface area contributed by atoms with Crippen molar-refractivity contribution in [2.24, 2.45) is 0 Å². The third-order valence-electron chi connectivity index (χ3n) is 2.65. The monoisotopic (exact) mass is 193 g/mol. The number of rotatable bonds is 1. The normalized spacial score (nSPS) is 19.9. The Kier molecular flexibility index (Phi) is 2.21. The molecule has 0 amide bonds. The summed E-state index contributed by atoms with van der Waals surface area (Å²) in [5.41, 5.74) is 8.73. The molecule has 14 heavy (non-hydrogen) atoms. The lowest BCUT2D eigenvalue weighted by Gasteiger charge is -2.24. The summed E-state index contributed by atoms with van der Waals surface area (Å²) in [6.45, 7) is 5.15. The van der Waals surface area contributed by atoms with E-state index in [1.165, 1.54) is 0 Å². The van der Waals surface area contributed by atoms with E-state index in [-0.39, 0.29) is 0 Å². The van der Waals surface area contributed by atoms with Gasteiger partial charge in [0, 0.05) is 11.3 Å². The van der Waals surface area contributed by atoms with Crippen LogP contribution in [0.1, 0.15) is 18.1 Å². The van der Waals surface area contributed by atoms with Gasteiger partial charge in [-0.25, -0.2) is 0 Å². The number of anilines is 1. The van der Waals surface area contributed by atoms with E-state index in [2.05, 4.69) is 0 Å². The van der Waals surface area contributed by atoms with Crippen LogP contribution in [0.15, 0.2) is 18.2 Å². The SMILES string of the molecule is Cc1cccc(C2(C)OCCO2)c1N. The highest BCUT2D eigenvalue weighted by atomic mass is 16.7. The summed E-state index contributed by atoms with van der Waals surface area (Å²) in [5, 5.41) is 0. The van der Waals surface area contributed by atoms with Crippen molar-refractivity contribution in [2.45, 2.75) is 19.6 Å². The molecule has 1 aromatic rings. The van der Waals surface area contributed by atoms with Gasteiger partial charge in [0.1, 0.15) is 0 Å². The molecule has 1 fully saturated rings. The van der Waals surface area contributed by atoms with Gasteiger partial charge in [-0.3, -0.25) is 0 Å². The van der Waals surface area contributed by atoms with Gasteiger partial charge < -0.3 is 15.2 Å². The highest BCUT2D eigenvalue weighted by Gasteiger charge is 2.34. The zero-order chi connectivity index (χ0) is 10.2. The van der Waals surface area contributed by atoms with E-state index in [9.17, 15) is 0 Å². The van der Waals surface area contributed by atoms with Crippen LogP contribution in [0.5, 0.6) is 0 Å². The third kappa shape index (κ3) is 1.38. The predicted octanol–water partition coefficient (Wildman–Crippen LogP) is 1.80. The van der Waals surface area contributed by atoms with E-state index in [4.69, 9.17) is 15.2 Å². The first kappa shape index (κ1) is 9.49. The van der Waals surface area contributed by atoms with Crippen LogP contribution in [0.2, 0.25) is 0 Å². The molecule has 76 valence electrons. The smallest absolute Gasteiger partial charge is 0.194 e. The zero-order valence-corrected chi connectivity index (χ0v) is 8.54. The third-order valence-corrected chi connectivity index (χ3v) is 2.65. The lowest BCUT2D eigenvalue weighted by Crippen LogP contribution is -2.24. The largest absolute Gasteiger partial charge is 0.398 e. The molecule has 0 aliphatic carbocycles. The molecule has 0 atom stereocenters. The molecule has 0 unspecified atom stereocenters. The van der Waals surface area contributed by atoms with Crippen molar-refractivity contribution in [2.75, 3.05) is 18.9 Å². The van der Waals surface area contributed by atoms with Crippen LogP contribution < -0.4 is 5.73 Å². The first-order valence-electron chi connectivity index (χ1n) is 4.77. The number of nitrogen functional groups attached to an aromatic ring is 1. The zero-order valence-electron chi connectivity index (χ0n) is 8.54. The van der Waals surface area contributed by atoms with E-state index >= 15 is 0 Å². The molecule has 1 aliphatic rings. The summed E-state index contributed by atoms with van der Waals surface area (Å²) in [5.74, 6) is -0.657. The van der Waals surface area contributed by atoms with Crippen LogP contribution in [-0.4, -0.2) is 13.2 Å². The standard InChI is InChI=1S/C11H15NO2/c1-8-4-3-5-9(10(8)12)11(2)13-6-7-14-11/h3-5H,6-7,12H2,1-2H3. The highest BCUT2D eigenvalue weighted by molar-refractivity contribution is 5.55. The summed E-state index contributed by atoms with van der Waals surface area (Å²) in [7, 11) is 0. The van der Waals surface area contributed by atoms with Crippen molar-refractivity contribution in [1.82, 2.24) is 0 Å². The van der Waals surface area contributed by atoms with Crippen LogP contribution in [0.3, 0.4) is 0 Å². The van der Waals surface area contributed by atoms with Crippen LogP contribution >= 0.6 is 0 Å². The molecular formula is C11H15NO2. The maximum atomic E-state index is 5.99. The second kappa shape index (κ2) is 3.26. The van der Waals surface area contributed by atoms with Crippen LogP contribution in [-0.2, 0) is 15.3 Å². The van der Waals surface area contributed by atoms with Gasteiger partial charge in [0.2, 0.25) is 0 Å². The number of aryl methyl sites for hydroxylation is 1.